The van der Waals surface area contributed by atoms with Gasteiger partial charge in [-0.15, -0.1) is 0 Å². The van der Waals surface area contributed by atoms with Gasteiger partial charge in [-0.25, -0.2) is 8.42 Å². The summed E-state index contributed by atoms with van der Waals surface area (Å²) >= 11 is 0. The third-order valence-electron chi connectivity index (χ3n) is 5.65. The molecule has 5 nitrogen and oxygen atoms in total. The van der Waals surface area contributed by atoms with Crippen molar-refractivity contribution in [2.75, 3.05) is 10.6 Å². The van der Waals surface area contributed by atoms with Crippen molar-refractivity contribution in [3.8, 4) is 0 Å². The minimum Gasteiger partial charge on any atom is -0.346 e. The van der Waals surface area contributed by atoms with Crippen molar-refractivity contribution in [2.45, 2.75) is 40.3 Å². The summed E-state index contributed by atoms with van der Waals surface area (Å²) in [6, 6.07) is 20.6. The van der Waals surface area contributed by atoms with E-state index in [9.17, 15) is 13.2 Å². The molecule has 3 aromatic carbocycles. The summed E-state index contributed by atoms with van der Waals surface area (Å²) in [5.41, 5.74) is 6.32. The molecule has 1 amide bonds. The molecule has 0 heterocycles. The van der Waals surface area contributed by atoms with Crippen molar-refractivity contribution >= 4 is 21.6 Å². The Morgan fingerprint density at radius 2 is 1.53 bits per heavy atom. The second-order valence-corrected chi connectivity index (χ2v) is 10.2. The number of hydrogen-bond donors (Lipinski definition) is 1. The van der Waals surface area contributed by atoms with E-state index in [1.165, 1.54) is 16.1 Å². The van der Waals surface area contributed by atoms with Crippen molar-refractivity contribution in [2.24, 2.45) is 0 Å². The standard InChI is InChI=1S/C26H30N2O3S/c1-18-6-11-23(12-7-18)21(4)27-26(29)24-13-9-22(10-14-24)17-28(32(5,30)31)25-15-8-19(2)20(3)16-25/h6-16,21H,17H2,1-5H3,(H,27,29). The normalized spacial score (nSPS) is 12.3. The van der Waals surface area contributed by atoms with E-state index >= 15 is 0 Å². The van der Waals surface area contributed by atoms with Crippen molar-refractivity contribution in [3.63, 3.8) is 0 Å². The fraction of sp³-hybridized carbons (Fsp3) is 0.269. The first-order valence-electron chi connectivity index (χ1n) is 10.6. The van der Waals surface area contributed by atoms with Crippen LogP contribution in [0.3, 0.4) is 0 Å². The number of nitrogens with zero attached hydrogens (tertiary/aromatic N) is 1. The number of rotatable bonds is 7. The zero-order chi connectivity index (χ0) is 23.5. The minimum absolute atomic E-state index is 0.117. The van der Waals surface area contributed by atoms with Crippen molar-refractivity contribution in [1.29, 1.82) is 0 Å². The minimum atomic E-state index is -3.47. The number of hydrogen-bond acceptors (Lipinski definition) is 3. The maximum atomic E-state index is 12.7. The van der Waals surface area contributed by atoms with Gasteiger partial charge in [-0.2, -0.15) is 0 Å². The first-order chi connectivity index (χ1) is 15.0. The largest absolute Gasteiger partial charge is 0.346 e. The van der Waals surface area contributed by atoms with E-state index in [-0.39, 0.29) is 18.5 Å². The molecule has 0 aliphatic rings. The maximum absolute atomic E-state index is 12.7. The van der Waals surface area contributed by atoms with Crippen LogP contribution in [0.25, 0.3) is 0 Å². The highest BCUT2D eigenvalue weighted by Gasteiger charge is 2.19. The van der Waals surface area contributed by atoms with Gasteiger partial charge in [0.25, 0.3) is 5.91 Å². The molecule has 168 valence electrons. The van der Waals surface area contributed by atoms with Crippen LogP contribution in [0.15, 0.2) is 66.7 Å². The van der Waals surface area contributed by atoms with Crippen LogP contribution in [0.5, 0.6) is 0 Å². The van der Waals surface area contributed by atoms with Gasteiger partial charge in [0.05, 0.1) is 24.5 Å². The fourth-order valence-corrected chi connectivity index (χ4v) is 4.31. The Hall–Kier alpha value is -3.12. The molecule has 0 spiro atoms. The summed E-state index contributed by atoms with van der Waals surface area (Å²) in [4.78, 5) is 12.7. The summed E-state index contributed by atoms with van der Waals surface area (Å²) < 4.78 is 26.3. The molecule has 0 aliphatic carbocycles. The van der Waals surface area contributed by atoms with Crippen LogP contribution in [0.1, 0.15) is 51.1 Å². The van der Waals surface area contributed by atoms with Gasteiger partial charge < -0.3 is 5.32 Å². The van der Waals surface area contributed by atoms with E-state index in [4.69, 9.17) is 0 Å². The second kappa shape index (κ2) is 9.57. The summed E-state index contributed by atoms with van der Waals surface area (Å²) in [5, 5.41) is 3.01. The van der Waals surface area contributed by atoms with Gasteiger partial charge in [0, 0.05) is 5.56 Å². The van der Waals surface area contributed by atoms with E-state index in [1.807, 2.05) is 70.2 Å². The third kappa shape index (κ3) is 5.77. The molecular weight excluding hydrogens is 420 g/mol. The number of carbonyl (C=O) groups excluding carboxylic acids is 1. The summed E-state index contributed by atoms with van der Waals surface area (Å²) in [6.45, 7) is 8.13. The Balaban J connectivity index is 1.74. The van der Waals surface area contributed by atoms with Gasteiger partial charge in [0.1, 0.15) is 0 Å². The van der Waals surface area contributed by atoms with Gasteiger partial charge in [-0.1, -0.05) is 48.0 Å². The molecule has 1 unspecified atom stereocenters. The highest BCUT2D eigenvalue weighted by Crippen LogP contribution is 2.24. The topological polar surface area (TPSA) is 66.5 Å². The van der Waals surface area contributed by atoms with Crippen LogP contribution in [0.2, 0.25) is 0 Å². The molecule has 1 N–H and O–H groups in total. The number of sulfonamides is 1. The van der Waals surface area contributed by atoms with Crippen LogP contribution in [0.4, 0.5) is 5.69 Å². The first kappa shape index (κ1) is 23.5. The molecule has 32 heavy (non-hydrogen) atoms. The highest BCUT2D eigenvalue weighted by molar-refractivity contribution is 7.92. The molecule has 1 atom stereocenters. The van der Waals surface area contributed by atoms with E-state index in [0.29, 0.717) is 11.3 Å². The SMILES string of the molecule is Cc1ccc(C(C)NC(=O)c2ccc(CN(c3ccc(C)c(C)c3)S(C)(=O)=O)cc2)cc1. The fourth-order valence-electron chi connectivity index (χ4n) is 3.43. The van der Waals surface area contributed by atoms with Crippen LogP contribution < -0.4 is 9.62 Å². The van der Waals surface area contributed by atoms with Gasteiger partial charge in [0.2, 0.25) is 10.0 Å². The van der Waals surface area contributed by atoms with Crippen LogP contribution in [0, 0.1) is 20.8 Å². The predicted octanol–water partition coefficient (Wildman–Crippen LogP) is 5.07. The number of anilines is 1. The van der Waals surface area contributed by atoms with E-state index < -0.39 is 10.0 Å². The van der Waals surface area contributed by atoms with E-state index in [1.54, 1.807) is 24.3 Å². The molecule has 3 rings (SSSR count). The summed E-state index contributed by atoms with van der Waals surface area (Å²) in [7, 11) is -3.47. The lowest BCUT2D eigenvalue weighted by atomic mass is 10.1. The molecular formula is C26H30N2O3S. The van der Waals surface area contributed by atoms with Crippen LogP contribution in [-0.2, 0) is 16.6 Å². The number of nitrogens with one attached hydrogen (secondary N) is 1. The Morgan fingerprint density at radius 3 is 2.09 bits per heavy atom. The zero-order valence-corrected chi connectivity index (χ0v) is 20.0. The van der Waals surface area contributed by atoms with Gasteiger partial charge in [-0.05, 0) is 74.2 Å². The molecule has 0 radical (unpaired) electrons. The monoisotopic (exact) mass is 450 g/mol. The number of benzene rings is 3. The molecule has 0 fully saturated rings. The lowest BCUT2D eigenvalue weighted by Crippen LogP contribution is -2.29. The smallest absolute Gasteiger partial charge is 0.251 e. The number of amides is 1. The van der Waals surface area contributed by atoms with Crippen LogP contribution in [-0.4, -0.2) is 20.6 Å². The predicted molar refractivity (Wildman–Crippen MR) is 130 cm³/mol. The summed E-state index contributed by atoms with van der Waals surface area (Å²) in [5.74, 6) is -0.168. The average molecular weight is 451 g/mol. The van der Waals surface area contributed by atoms with Crippen molar-refractivity contribution in [3.05, 3.63) is 100 Å². The third-order valence-corrected chi connectivity index (χ3v) is 6.79. The molecule has 0 bridgehead atoms. The van der Waals surface area contributed by atoms with Crippen molar-refractivity contribution < 1.29 is 13.2 Å². The Labute approximate surface area is 191 Å². The Kier molecular flexibility index (Phi) is 7.04. The molecule has 0 aromatic heterocycles. The summed E-state index contributed by atoms with van der Waals surface area (Å²) in [6.07, 6.45) is 1.20. The second-order valence-electron chi connectivity index (χ2n) is 8.34. The van der Waals surface area contributed by atoms with Crippen molar-refractivity contribution in [1.82, 2.24) is 5.32 Å². The molecule has 3 aromatic rings. The molecule has 0 aliphatic heterocycles. The quantitative estimate of drug-likeness (QED) is 0.547. The lowest BCUT2D eigenvalue weighted by molar-refractivity contribution is 0.0940. The van der Waals surface area contributed by atoms with Gasteiger partial charge in [-0.3, -0.25) is 9.10 Å². The Bertz CT molecular complexity index is 1200. The van der Waals surface area contributed by atoms with E-state index in [2.05, 4.69) is 5.32 Å². The molecule has 0 saturated heterocycles. The number of carbonyl (C=O) groups is 1. The molecule has 6 heteroatoms. The molecule has 0 saturated carbocycles. The lowest BCUT2D eigenvalue weighted by Gasteiger charge is -2.23. The van der Waals surface area contributed by atoms with Gasteiger partial charge in [0.15, 0.2) is 0 Å². The van der Waals surface area contributed by atoms with Crippen LogP contribution >= 0.6 is 0 Å². The van der Waals surface area contributed by atoms with Gasteiger partial charge >= 0.3 is 0 Å². The zero-order valence-electron chi connectivity index (χ0n) is 19.2. The maximum Gasteiger partial charge on any atom is 0.251 e. The van der Waals surface area contributed by atoms with E-state index in [0.717, 1.165) is 22.3 Å². The highest BCUT2D eigenvalue weighted by atomic mass is 32.2. The average Bonchev–Trinajstić information content (AvgIpc) is 2.74. The first-order valence-corrected chi connectivity index (χ1v) is 12.4. The number of aryl methyl sites for hydroxylation is 3. The Morgan fingerprint density at radius 1 is 0.906 bits per heavy atom.